The van der Waals surface area contributed by atoms with Gasteiger partial charge in [-0.3, -0.25) is 0 Å². The van der Waals surface area contributed by atoms with Crippen LogP contribution in [0.25, 0.3) is 0 Å². The molecule has 0 aliphatic carbocycles. The molecule has 0 saturated heterocycles. The number of halogens is 3. The monoisotopic (exact) mass is 420 g/mol. The molecule has 0 radical (unpaired) electrons. The van der Waals surface area contributed by atoms with Gasteiger partial charge in [-0.15, -0.1) is 0 Å². The van der Waals surface area contributed by atoms with E-state index in [9.17, 15) is 4.79 Å². The zero-order valence-electron chi connectivity index (χ0n) is 9.05. The van der Waals surface area contributed by atoms with Gasteiger partial charge in [-0.05, 0) is 0 Å². The minimum absolute atomic E-state index is 0.0531. The predicted molar refractivity (Wildman–Crippen MR) is 75.5 cm³/mol. The van der Waals surface area contributed by atoms with E-state index in [-0.39, 0.29) is 17.0 Å². The van der Waals surface area contributed by atoms with Gasteiger partial charge in [0.1, 0.15) is 11.6 Å². The Hall–Kier alpha value is 0.610. The number of esters is 1. The molecule has 1 atom stereocenters. The Morgan fingerprint density at radius 1 is 1.44 bits per heavy atom. The molecule has 0 aliphatic heterocycles. The molecule has 0 bridgehead atoms. The molecule has 0 amide bonds. The minimum Gasteiger partial charge on any atom is -0.460 e. The van der Waals surface area contributed by atoms with Crippen molar-refractivity contribution in [3.8, 4) is 0 Å². The van der Waals surface area contributed by atoms with E-state index in [1.807, 2.05) is 0 Å². The fourth-order valence-electron chi connectivity index (χ4n) is 0.711. The van der Waals surface area contributed by atoms with Gasteiger partial charge in [-0.25, -0.2) is 4.79 Å². The van der Waals surface area contributed by atoms with Crippen LogP contribution in [0.15, 0.2) is 12.7 Å². The first-order chi connectivity index (χ1) is 7.50. The van der Waals surface area contributed by atoms with E-state index < -0.39 is 5.97 Å². The van der Waals surface area contributed by atoms with Crippen molar-refractivity contribution in [3.63, 3.8) is 0 Å². The van der Waals surface area contributed by atoms with Crippen LogP contribution in [0, 0.1) is 5.41 Å². The lowest BCUT2D eigenvalue weighted by Crippen LogP contribution is -2.34. The van der Waals surface area contributed by atoms with Crippen molar-refractivity contribution in [2.75, 3.05) is 23.9 Å². The van der Waals surface area contributed by atoms with E-state index in [2.05, 4.69) is 61.3 Å². The van der Waals surface area contributed by atoms with Gasteiger partial charge in [-0.1, -0.05) is 61.3 Å². The average molecular weight is 423 g/mol. The predicted octanol–water partition coefficient (Wildman–Crippen LogP) is 3.25. The average Bonchev–Trinajstić information content (AvgIpc) is 2.32. The van der Waals surface area contributed by atoms with Crippen LogP contribution in [0.3, 0.4) is 0 Å². The van der Waals surface area contributed by atoms with Crippen molar-refractivity contribution < 1.29 is 14.3 Å². The molecule has 0 aliphatic rings. The Balaban J connectivity index is 3.84. The van der Waals surface area contributed by atoms with Gasteiger partial charge in [0, 0.05) is 22.2 Å². The highest BCUT2D eigenvalue weighted by Crippen LogP contribution is 2.32. The summed E-state index contributed by atoms with van der Waals surface area (Å²) in [4.78, 5) is 10.7. The Morgan fingerprint density at radius 2 is 2.00 bits per heavy atom. The fraction of sp³-hybridized carbons (Fsp3) is 0.700. The normalized spacial score (nSPS) is 13.2. The molecular weight excluding hydrogens is 408 g/mol. The number of ether oxygens (including phenoxy) is 2. The maximum atomic E-state index is 10.7. The SMILES string of the molecule is C=CC(=O)OCCOC(Br)C(C)(CBr)CBr. The molecule has 0 N–H and O–H groups in total. The number of hydrogen-bond acceptors (Lipinski definition) is 3. The van der Waals surface area contributed by atoms with Gasteiger partial charge in [0.05, 0.1) is 6.61 Å². The van der Waals surface area contributed by atoms with Gasteiger partial charge in [0.15, 0.2) is 0 Å². The zero-order valence-corrected chi connectivity index (χ0v) is 13.8. The molecule has 0 spiro atoms. The van der Waals surface area contributed by atoms with Crippen molar-refractivity contribution in [1.29, 1.82) is 0 Å². The van der Waals surface area contributed by atoms with Crippen molar-refractivity contribution in [2.45, 2.75) is 11.9 Å². The molecule has 0 aromatic carbocycles. The highest BCUT2D eigenvalue weighted by atomic mass is 79.9. The van der Waals surface area contributed by atoms with Crippen molar-refractivity contribution in [3.05, 3.63) is 12.7 Å². The van der Waals surface area contributed by atoms with Crippen LogP contribution in [-0.2, 0) is 14.3 Å². The van der Waals surface area contributed by atoms with E-state index in [1.54, 1.807) is 0 Å². The van der Waals surface area contributed by atoms with E-state index in [0.717, 1.165) is 16.7 Å². The Morgan fingerprint density at radius 3 is 2.44 bits per heavy atom. The van der Waals surface area contributed by atoms with Gasteiger partial charge in [-0.2, -0.15) is 0 Å². The van der Waals surface area contributed by atoms with E-state index in [0.29, 0.717) is 6.61 Å². The summed E-state index contributed by atoms with van der Waals surface area (Å²) in [6.45, 7) is 5.96. The summed E-state index contributed by atoms with van der Waals surface area (Å²) >= 11 is 10.3. The Labute approximate surface area is 121 Å². The number of rotatable bonds is 8. The fourth-order valence-corrected chi connectivity index (χ4v) is 3.61. The van der Waals surface area contributed by atoms with Gasteiger partial charge in [0.2, 0.25) is 0 Å². The Kier molecular flexibility index (Phi) is 8.99. The van der Waals surface area contributed by atoms with Crippen LogP contribution in [-0.4, -0.2) is 34.9 Å². The lowest BCUT2D eigenvalue weighted by molar-refractivity contribution is -0.139. The second-order valence-electron chi connectivity index (χ2n) is 3.48. The molecule has 6 heteroatoms. The first-order valence-corrected chi connectivity index (χ1v) is 7.83. The topological polar surface area (TPSA) is 35.5 Å². The second kappa shape index (κ2) is 8.66. The molecule has 0 saturated carbocycles. The molecular formula is C10H15Br3O3. The standard InChI is InChI=1S/C10H15Br3O3/c1-3-8(14)15-4-5-16-9(13)10(2,6-11)7-12/h3,9H,1,4-7H2,2H3. The third kappa shape index (κ3) is 5.80. The summed E-state index contributed by atoms with van der Waals surface area (Å²) in [5, 5.41) is 1.49. The summed E-state index contributed by atoms with van der Waals surface area (Å²) in [5.74, 6) is -0.432. The lowest BCUT2D eigenvalue weighted by Gasteiger charge is -2.30. The van der Waals surface area contributed by atoms with Crippen LogP contribution < -0.4 is 0 Å². The quantitative estimate of drug-likeness (QED) is 0.261. The summed E-state index contributed by atoms with van der Waals surface area (Å²) in [7, 11) is 0. The smallest absolute Gasteiger partial charge is 0.330 e. The molecule has 16 heavy (non-hydrogen) atoms. The highest BCUT2D eigenvalue weighted by Gasteiger charge is 2.31. The van der Waals surface area contributed by atoms with Crippen LogP contribution >= 0.6 is 47.8 Å². The molecule has 0 rings (SSSR count). The second-order valence-corrected chi connectivity index (χ2v) is 5.43. The third-order valence-electron chi connectivity index (χ3n) is 1.92. The zero-order chi connectivity index (χ0) is 12.6. The van der Waals surface area contributed by atoms with Gasteiger partial charge < -0.3 is 9.47 Å². The summed E-state index contributed by atoms with van der Waals surface area (Å²) in [6.07, 6.45) is 1.13. The number of hydrogen-bond donors (Lipinski definition) is 0. The van der Waals surface area contributed by atoms with E-state index in [4.69, 9.17) is 9.47 Å². The summed E-state index contributed by atoms with van der Waals surface area (Å²) in [6, 6.07) is 0. The number of alkyl halides is 3. The minimum atomic E-state index is -0.432. The van der Waals surface area contributed by atoms with Crippen LogP contribution in [0.1, 0.15) is 6.92 Å². The van der Waals surface area contributed by atoms with E-state index in [1.165, 1.54) is 0 Å². The molecule has 0 aromatic rings. The van der Waals surface area contributed by atoms with Crippen LogP contribution in [0.5, 0.6) is 0 Å². The van der Waals surface area contributed by atoms with Crippen molar-refractivity contribution in [2.24, 2.45) is 5.41 Å². The van der Waals surface area contributed by atoms with Crippen molar-refractivity contribution in [1.82, 2.24) is 0 Å². The first-order valence-electron chi connectivity index (χ1n) is 4.67. The third-order valence-corrected chi connectivity index (χ3v) is 5.85. The maximum Gasteiger partial charge on any atom is 0.330 e. The van der Waals surface area contributed by atoms with Crippen LogP contribution in [0.2, 0.25) is 0 Å². The summed E-state index contributed by atoms with van der Waals surface area (Å²) in [5.41, 5.74) is -0.0531. The first kappa shape index (κ1) is 16.6. The molecule has 1 unspecified atom stereocenters. The molecule has 3 nitrogen and oxygen atoms in total. The lowest BCUT2D eigenvalue weighted by atomic mass is 9.98. The summed E-state index contributed by atoms with van der Waals surface area (Å²) < 4.78 is 10.3. The van der Waals surface area contributed by atoms with E-state index >= 15 is 0 Å². The molecule has 0 heterocycles. The van der Waals surface area contributed by atoms with Crippen LogP contribution in [0.4, 0.5) is 0 Å². The number of carbonyl (C=O) groups is 1. The highest BCUT2D eigenvalue weighted by molar-refractivity contribution is 9.10. The Bertz CT molecular complexity index is 229. The van der Waals surface area contributed by atoms with Gasteiger partial charge in [0.25, 0.3) is 0 Å². The molecule has 94 valence electrons. The van der Waals surface area contributed by atoms with Crippen molar-refractivity contribution >= 4 is 53.8 Å². The maximum absolute atomic E-state index is 10.7. The molecule has 0 fully saturated rings. The largest absolute Gasteiger partial charge is 0.460 e. The number of carbonyl (C=O) groups excluding carboxylic acids is 1. The molecule has 0 aromatic heterocycles. The van der Waals surface area contributed by atoms with Gasteiger partial charge >= 0.3 is 5.97 Å².